The summed E-state index contributed by atoms with van der Waals surface area (Å²) in [5.41, 5.74) is 4.59. The van der Waals surface area contributed by atoms with Crippen molar-refractivity contribution in [2.24, 2.45) is 11.3 Å². The van der Waals surface area contributed by atoms with Crippen LogP contribution in [0.15, 0.2) is 120 Å². The molecule has 2 aliphatic rings. The molecule has 7 rings (SSSR count). The summed E-state index contributed by atoms with van der Waals surface area (Å²) in [5, 5.41) is 29.0. The molecule has 0 bridgehead atoms. The van der Waals surface area contributed by atoms with Gasteiger partial charge in [-0.3, -0.25) is 14.4 Å². The molecule has 0 saturated carbocycles. The first-order valence-corrected chi connectivity index (χ1v) is 32.2. The Morgan fingerprint density at radius 3 is 1.81 bits per heavy atom. The van der Waals surface area contributed by atoms with Crippen LogP contribution >= 0.6 is 0 Å². The summed E-state index contributed by atoms with van der Waals surface area (Å²) in [5.74, 6) is -2.62. The normalized spacial score (nSPS) is 19.1. The van der Waals surface area contributed by atoms with Crippen LogP contribution in [0.4, 0.5) is 25.8 Å². The van der Waals surface area contributed by atoms with Crippen molar-refractivity contribution in [2.45, 2.75) is 101 Å². The van der Waals surface area contributed by atoms with E-state index in [1.165, 1.54) is 36.4 Å². The Morgan fingerprint density at radius 2 is 1.24 bits per heavy atom. The zero-order chi connectivity index (χ0) is 62.9. The molecule has 3 amide bonds. The van der Waals surface area contributed by atoms with Gasteiger partial charge in [-0.1, -0.05) is 75.2 Å². The quantitative estimate of drug-likeness (QED) is 0.0213. The van der Waals surface area contributed by atoms with Gasteiger partial charge in [0, 0.05) is 55.5 Å². The number of carbonyl (C=O) groups is 3. The van der Waals surface area contributed by atoms with Crippen LogP contribution in [-0.2, 0) is 63.9 Å². The number of benzene rings is 5. The predicted octanol–water partition coefficient (Wildman–Crippen LogP) is 9.27. The Bertz CT molecular complexity index is 3090. The minimum atomic E-state index is -3.73. The Kier molecular flexibility index (Phi) is 27.7. The third kappa shape index (κ3) is 20.1. The third-order valence-corrected chi connectivity index (χ3v) is 18.1. The van der Waals surface area contributed by atoms with Crippen molar-refractivity contribution >= 4 is 44.6 Å². The van der Waals surface area contributed by atoms with Crippen molar-refractivity contribution in [1.82, 2.24) is 5.32 Å². The number of aliphatic hydroxyl groups excluding tert-OH is 2. The Morgan fingerprint density at radius 1 is 0.693 bits per heavy atom. The minimum absolute atomic E-state index is 0.114. The second-order valence-electron chi connectivity index (χ2n) is 22.5. The van der Waals surface area contributed by atoms with Crippen LogP contribution in [-0.4, -0.2) is 155 Å². The molecule has 5 aromatic carbocycles. The fourth-order valence-corrected chi connectivity index (χ4v) is 13.5. The molecule has 1 saturated heterocycles. The number of nitrogens with zero attached hydrogens (tertiary/aromatic N) is 2. The van der Waals surface area contributed by atoms with Crippen molar-refractivity contribution in [1.29, 1.82) is 0 Å². The lowest BCUT2D eigenvalue weighted by Crippen LogP contribution is -2.55. The molecule has 2 heterocycles. The molecule has 6 atom stereocenters. The zero-order valence-electron chi connectivity index (χ0n) is 51.2. The van der Waals surface area contributed by atoms with Crippen LogP contribution in [0.2, 0.25) is 0 Å². The number of aliphatic hydroxyl groups is 2. The molecule has 0 radical (unpaired) electrons. The predicted molar refractivity (Wildman–Crippen MR) is 332 cm³/mol. The van der Waals surface area contributed by atoms with Crippen LogP contribution in [0.3, 0.4) is 0 Å². The molecular weight excluding hydrogens is 1150 g/mol. The summed E-state index contributed by atoms with van der Waals surface area (Å²) in [6, 6.07) is 31.2. The number of ether oxygens (including phenoxy) is 7. The van der Waals surface area contributed by atoms with E-state index in [4.69, 9.17) is 33.2 Å². The highest BCUT2D eigenvalue weighted by Crippen LogP contribution is 2.50. The average Bonchev–Trinajstić information content (AvgIpc) is 1.29. The summed E-state index contributed by atoms with van der Waals surface area (Å²) in [7, 11) is 0.0611. The number of fused-ring (bicyclic) bond motifs is 1. The highest BCUT2D eigenvalue weighted by molar-refractivity contribution is 7.91. The molecule has 0 aromatic heterocycles. The molecule has 21 heteroatoms. The van der Waals surface area contributed by atoms with Gasteiger partial charge in [-0.15, -0.1) is 0 Å². The number of amides is 3. The lowest BCUT2D eigenvalue weighted by Gasteiger charge is -2.48. The van der Waals surface area contributed by atoms with Gasteiger partial charge in [-0.2, -0.15) is 0 Å². The van der Waals surface area contributed by atoms with Crippen LogP contribution in [0.25, 0.3) is 0 Å². The number of β-lactam (4-membered cyclic amide) rings is 1. The van der Waals surface area contributed by atoms with Crippen molar-refractivity contribution in [3.63, 3.8) is 0 Å². The molecule has 0 spiro atoms. The van der Waals surface area contributed by atoms with E-state index in [-0.39, 0.29) is 73.4 Å². The Balaban J connectivity index is 0.673. The first kappa shape index (κ1) is 69.2. The molecule has 5 aromatic rings. The number of halogens is 2. The fraction of sp³-hybridized carbons (Fsp3) is 0.507. The highest BCUT2D eigenvalue weighted by Gasteiger charge is 2.50. The van der Waals surface area contributed by atoms with Gasteiger partial charge >= 0.3 is 0 Å². The first-order chi connectivity index (χ1) is 42.5. The summed E-state index contributed by atoms with van der Waals surface area (Å²) < 4.78 is 94.5. The fourth-order valence-electron chi connectivity index (χ4n) is 11.3. The lowest BCUT2D eigenvalue weighted by atomic mass is 9.69. The van der Waals surface area contributed by atoms with E-state index in [1.807, 2.05) is 74.4 Å². The van der Waals surface area contributed by atoms with E-state index >= 15 is 0 Å². The third-order valence-electron chi connectivity index (χ3n) is 16.1. The van der Waals surface area contributed by atoms with Crippen molar-refractivity contribution in [3.05, 3.63) is 155 Å². The van der Waals surface area contributed by atoms with Gasteiger partial charge in [-0.25, -0.2) is 17.2 Å². The summed E-state index contributed by atoms with van der Waals surface area (Å²) in [6.45, 7) is 9.06. The molecule has 1 fully saturated rings. The minimum Gasteiger partial charge on any atom is -0.392 e. The molecule has 4 N–H and O–H groups in total. The van der Waals surface area contributed by atoms with Crippen molar-refractivity contribution in [2.75, 3.05) is 127 Å². The van der Waals surface area contributed by atoms with E-state index in [9.17, 15) is 41.8 Å². The Hall–Kier alpha value is -6.24. The molecule has 0 aliphatic carbocycles. The van der Waals surface area contributed by atoms with Gasteiger partial charge in [0.2, 0.25) is 17.7 Å². The molecule has 480 valence electrons. The average molecular weight is 1240 g/mol. The van der Waals surface area contributed by atoms with E-state index in [2.05, 4.69) is 17.6 Å². The van der Waals surface area contributed by atoms with Gasteiger partial charge in [0.15, 0.2) is 9.84 Å². The number of anilines is 3. The number of sulfone groups is 1. The molecular formula is C67H88F2N4O14S. The zero-order valence-corrected chi connectivity index (χ0v) is 52.0. The van der Waals surface area contributed by atoms with Gasteiger partial charge in [0.05, 0.1) is 134 Å². The van der Waals surface area contributed by atoms with E-state index in [0.717, 1.165) is 35.2 Å². The van der Waals surface area contributed by atoms with Gasteiger partial charge in [0.1, 0.15) is 11.6 Å². The first-order valence-electron chi connectivity index (χ1n) is 30.6. The van der Waals surface area contributed by atoms with Crippen molar-refractivity contribution in [3.8, 4) is 0 Å². The SMILES string of the molecule is CCCCC1(CC)CS(=O)(=O)c2ccc(N(C)C)cc2C(c2cccc(NC(=O)CCOCCOCCOCCOCCOCCOCCOCCC(=O)NCc3cccc(C4C(CCC(O)c5ccc(F)cc5)C(=O)N4c4ccc(F)cc4)c3)c2)C1O. The second-order valence-corrected chi connectivity index (χ2v) is 24.4. The molecule has 6 unspecified atom stereocenters. The van der Waals surface area contributed by atoms with Gasteiger partial charge < -0.3 is 63.8 Å². The number of hydrogen-bond acceptors (Lipinski definition) is 15. The van der Waals surface area contributed by atoms with Crippen LogP contribution < -0.4 is 20.4 Å². The van der Waals surface area contributed by atoms with Gasteiger partial charge in [-0.05, 0) is 120 Å². The number of carbonyl (C=O) groups excluding carboxylic acids is 3. The summed E-state index contributed by atoms with van der Waals surface area (Å²) in [6.07, 6.45) is 1.81. The van der Waals surface area contributed by atoms with Gasteiger partial charge in [0.25, 0.3) is 0 Å². The largest absolute Gasteiger partial charge is 0.392 e. The molecule has 18 nitrogen and oxygen atoms in total. The number of hydrogen-bond donors (Lipinski definition) is 4. The van der Waals surface area contributed by atoms with Crippen LogP contribution in [0.5, 0.6) is 0 Å². The lowest BCUT2D eigenvalue weighted by molar-refractivity contribution is -0.131. The van der Waals surface area contributed by atoms with Crippen molar-refractivity contribution < 1.29 is 75.0 Å². The number of rotatable bonds is 39. The summed E-state index contributed by atoms with van der Waals surface area (Å²) >= 11 is 0. The van der Waals surface area contributed by atoms with Crippen LogP contribution in [0, 0.1) is 23.0 Å². The highest BCUT2D eigenvalue weighted by atomic mass is 32.2. The van der Waals surface area contributed by atoms with E-state index in [1.54, 1.807) is 35.2 Å². The number of unbranched alkanes of at least 4 members (excludes halogenated alkanes) is 1. The second kappa shape index (κ2) is 35.2. The Labute approximate surface area is 517 Å². The maximum atomic E-state index is 14.0. The topological polar surface area (TPSA) is 221 Å². The maximum absolute atomic E-state index is 14.0. The van der Waals surface area contributed by atoms with Crippen LogP contribution in [0.1, 0.15) is 111 Å². The summed E-state index contributed by atoms with van der Waals surface area (Å²) in [4.78, 5) is 43.0. The molecule has 88 heavy (non-hydrogen) atoms. The standard InChI is InChI=1S/C67H88F2N4O14S/c1-5-7-28-67(6-2)47-88(79,80)60-25-22-56(72(3)4)45-58(60)63(65(67)77)50-11-9-13-54(44-50)71-62(76)27-30-82-32-34-84-36-38-86-40-42-87-41-39-85-37-35-83-33-31-81-29-26-61(75)70-46-48-10-8-12-51(43-48)64-57(23-24-59(74)49-14-16-52(68)17-15-49)66(78)73(64)55-20-18-53(69)19-21-55/h8-22,25,43-45,57,59,63-65,74,77H,5-7,23-24,26-42,46-47H2,1-4H3,(H,70,75)(H,71,76). The van der Waals surface area contributed by atoms with E-state index < -0.39 is 50.9 Å². The maximum Gasteiger partial charge on any atom is 0.233 e. The van der Waals surface area contributed by atoms with E-state index in [0.29, 0.717) is 121 Å². The molecule has 2 aliphatic heterocycles. The monoisotopic (exact) mass is 1240 g/mol. The smallest absolute Gasteiger partial charge is 0.233 e. The number of nitrogens with one attached hydrogen (secondary N) is 2.